The number of amides is 2. The summed E-state index contributed by atoms with van der Waals surface area (Å²) in [4.78, 5) is 26.2. The first-order valence-corrected chi connectivity index (χ1v) is 6.72. The van der Waals surface area contributed by atoms with Crippen molar-refractivity contribution in [1.29, 1.82) is 0 Å². The number of urea groups is 1. The van der Waals surface area contributed by atoms with E-state index in [9.17, 15) is 14.7 Å². The quantitative estimate of drug-likeness (QED) is 0.804. The number of carbonyl (C=O) groups excluding carboxylic acids is 1. The van der Waals surface area contributed by atoms with E-state index in [2.05, 4.69) is 0 Å². The van der Waals surface area contributed by atoms with Crippen molar-refractivity contribution in [3.8, 4) is 0 Å². The second-order valence-corrected chi connectivity index (χ2v) is 5.74. The Kier molecular flexibility index (Phi) is 5.17. The van der Waals surface area contributed by atoms with Gasteiger partial charge in [-0.15, -0.1) is 0 Å². The van der Waals surface area contributed by atoms with Crippen molar-refractivity contribution < 1.29 is 19.8 Å². The number of hydrogen-bond acceptors (Lipinski definition) is 3. The zero-order chi connectivity index (χ0) is 14.6. The normalized spacial score (nSPS) is 23.5. The Labute approximate surface area is 114 Å². The molecule has 0 bridgehead atoms. The van der Waals surface area contributed by atoms with Crippen molar-refractivity contribution in [2.75, 3.05) is 19.6 Å². The van der Waals surface area contributed by atoms with Gasteiger partial charge in [-0.1, -0.05) is 0 Å². The molecule has 1 fully saturated rings. The lowest BCUT2D eigenvalue weighted by atomic mass is 9.95. The summed E-state index contributed by atoms with van der Waals surface area (Å²) in [6.07, 6.45) is 1.39. The Morgan fingerprint density at radius 1 is 1.42 bits per heavy atom. The lowest BCUT2D eigenvalue weighted by molar-refractivity contribution is -0.137. The van der Waals surface area contributed by atoms with E-state index in [1.165, 1.54) is 0 Å². The highest BCUT2D eigenvalue weighted by atomic mass is 16.4. The first kappa shape index (κ1) is 15.8. The smallest absolute Gasteiger partial charge is 0.320 e. The third-order valence-electron chi connectivity index (χ3n) is 3.38. The summed E-state index contributed by atoms with van der Waals surface area (Å²) in [5.41, 5.74) is -0.844. The molecule has 1 aliphatic heterocycles. The standard InChI is InChI=1S/C13H24N2O4/c1-10(2)15(8-5-11(16)17)12(18)14-7-4-6-13(3,19)9-14/h10,19H,4-9H2,1-3H3,(H,16,17). The SMILES string of the molecule is CC(C)N(CCC(=O)O)C(=O)N1CCCC(C)(O)C1. The van der Waals surface area contributed by atoms with Crippen molar-refractivity contribution >= 4 is 12.0 Å². The van der Waals surface area contributed by atoms with Crippen LogP contribution in [0.1, 0.15) is 40.0 Å². The van der Waals surface area contributed by atoms with Crippen molar-refractivity contribution in [3.63, 3.8) is 0 Å². The predicted molar refractivity (Wildman–Crippen MR) is 70.9 cm³/mol. The van der Waals surface area contributed by atoms with E-state index in [4.69, 9.17) is 5.11 Å². The number of hydrogen-bond donors (Lipinski definition) is 2. The molecule has 0 aromatic heterocycles. The number of carboxylic acids is 1. The molecular formula is C13H24N2O4. The van der Waals surface area contributed by atoms with Crippen molar-refractivity contribution in [3.05, 3.63) is 0 Å². The molecule has 1 unspecified atom stereocenters. The number of aliphatic carboxylic acids is 1. The zero-order valence-corrected chi connectivity index (χ0v) is 11.9. The van der Waals surface area contributed by atoms with E-state index >= 15 is 0 Å². The minimum atomic E-state index is -0.913. The van der Waals surface area contributed by atoms with Crippen molar-refractivity contribution in [2.24, 2.45) is 0 Å². The molecule has 1 aliphatic rings. The van der Waals surface area contributed by atoms with Gasteiger partial charge in [0.2, 0.25) is 0 Å². The van der Waals surface area contributed by atoms with Crippen LogP contribution in [0.4, 0.5) is 4.79 Å². The molecule has 2 N–H and O–H groups in total. The van der Waals surface area contributed by atoms with Crippen molar-refractivity contribution in [1.82, 2.24) is 9.80 Å². The van der Waals surface area contributed by atoms with Crippen molar-refractivity contribution in [2.45, 2.75) is 51.7 Å². The second kappa shape index (κ2) is 6.23. The molecule has 0 saturated carbocycles. The molecule has 0 aliphatic carbocycles. The number of nitrogens with zero attached hydrogens (tertiary/aromatic N) is 2. The first-order valence-electron chi connectivity index (χ1n) is 6.72. The average molecular weight is 272 g/mol. The topological polar surface area (TPSA) is 81.1 Å². The maximum Gasteiger partial charge on any atom is 0.320 e. The van der Waals surface area contributed by atoms with Crippen LogP contribution in [-0.2, 0) is 4.79 Å². The zero-order valence-electron chi connectivity index (χ0n) is 11.9. The number of carboxylic acid groups (broad SMARTS) is 1. The summed E-state index contributed by atoms with van der Waals surface area (Å²) in [6.45, 7) is 6.57. The van der Waals surface area contributed by atoms with Gasteiger partial charge in [0.05, 0.1) is 18.6 Å². The van der Waals surface area contributed by atoms with Gasteiger partial charge in [0, 0.05) is 19.1 Å². The number of aliphatic hydroxyl groups is 1. The Bertz CT molecular complexity index is 342. The number of likely N-dealkylation sites (tertiary alicyclic amines) is 1. The number of β-amino-alcohol motifs (C(OH)–C–C–N with tert-alkyl or cyclic N) is 1. The molecule has 6 heteroatoms. The van der Waals surface area contributed by atoms with E-state index < -0.39 is 11.6 Å². The van der Waals surface area contributed by atoms with Crippen LogP contribution in [0.3, 0.4) is 0 Å². The molecule has 1 heterocycles. The highest BCUT2D eigenvalue weighted by Gasteiger charge is 2.33. The summed E-state index contributed by atoms with van der Waals surface area (Å²) in [6, 6.07) is -0.241. The number of rotatable bonds is 4. The van der Waals surface area contributed by atoms with E-state index in [1.54, 1.807) is 16.7 Å². The molecule has 0 radical (unpaired) electrons. The second-order valence-electron chi connectivity index (χ2n) is 5.74. The van der Waals surface area contributed by atoms with Crippen LogP contribution in [0, 0.1) is 0 Å². The fraction of sp³-hybridized carbons (Fsp3) is 0.846. The molecule has 19 heavy (non-hydrogen) atoms. The Morgan fingerprint density at radius 2 is 2.05 bits per heavy atom. The third-order valence-corrected chi connectivity index (χ3v) is 3.38. The summed E-state index contributed by atoms with van der Waals surface area (Å²) < 4.78 is 0. The van der Waals surface area contributed by atoms with E-state index in [0.717, 1.165) is 6.42 Å². The van der Waals surface area contributed by atoms with Gasteiger partial charge in [-0.2, -0.15) is 0 Å². The van der Waals surface area contributed by atoms with E-state index in [0.29, 0.717) is 19.5 Å². The highest BCUT2D eigenvalue weighted by Crippen LogP contribution is 2.21. The minimum Gasteiger partial charge on any atom is -0.481 e. The van der Waals surface area contributed by atoms with Crippen LogP contribution in [-0.4, -0.2) is 63.3 Å². The van der Waals surface area contributed by atoms with Gasteiger partial charge in [-0.3, -0.25) is 4.79 Å². The first-order chi connectivity index (χ1) is 8.73. The Hall–Kier alpha value is -1.30. The monoisotopic (exact) mass is 272 g/mol. The van der Waals surface area contributed by atoms with Gasteiger partial charge in [0.1, 0.15) is 0 Å². The van der Waals surface area contributed by atoms with Crippen LogP contribution < -0.4 is 0 Å². The predicted octanol–water partition coefficient (Wildman–Crippen LogP) is 1.14. The number of carbonyl (C=O) groups is 2. The van der Waals surface area contributed by atoms with Gasteiger partial charge in [0.15, 0.2) is 0 Å². The average Bonchev–Trinajstić information content (AvgIpc) is 2.26. The molecule has 110 valence electrons. The van der Waals surface area contributed by atoms with Crippen LogP contribution >= 0.6 is 0 Å². The summed E-state index contributed by atoms with van der Waals surface area (Å²) in [5.74, 6) is -0.913. The molecule has 1 saturated heterocycles. The Balaban J connectivity index is 2.68. The summed E-state index contributed by atoms with van der Waals surface area (Å²) in [7, 11) is 0. The van der Waals surface area contributed by atoms with Crippen LogP contribution in [0.15, 0.2) is 0 Å². The number of piperidine rings is 1. The molecule has 6 nitrogen and oxygen atoms in total. The molecular weight excluding hydrogens is 248 g/mol. The van der Waals surface area contributed by atoms with Crippen LogP contribution in [0.5, 0.6) is 0 Å². The maximum absolute atomic E-state index is 12.4. The fourth-order valence-electron chi connectivity index (χ4n) is 2.36. The van der Waals surface area contributed by atoms with Gasteiger partial charge in [-0.25, -0.2) is 4.79 Å². The molecule has 2 amide bonds. The lowest BCUT2D eigenvalue weighted by Crippen LogP contribution is -2.54. The van der Waals surface area contributed by atoms with Gasteiger partial charge in [-0.05, 0) is 33.6 Å². The van der Waals surface area contributed by atoms with Crippen LogP contribution in [0.25, 0.3) is 0 Å². The van der Waals surface area contributed by atoms with Gasteiger partial charge in [0.25, 0.3) is 0 Å². The van der Waals surface area contributed by atoms with Gasteiger partial charge >= 0.3 is 12.0 Å². The maximum atomic E-state index is 12.4. The molecule has 0 aromatic carbocycles. The molecule has 0 aromatic rings. The fourth-order valence-corrected chi connectivity index (χ4v) is 2.36. The Morgan fingerprint density at radius 3 is 2.53 bits per heavy atom. The molecule has 0 spiro atoms. The largest absolute Gasteiger partial charge is 0.481 e. The summed E-state index contributed by atoms with van der Waals surface area (Å²) >= 11 is 0. The van der Waals surface area contributed by atoms with E-state index in [1.807, 2.05) is 13.8 Å². The highest BCUT2D eigenvalue weighted by molar-refractivity contribution is 5.76. The molecule has 1 rings (SSSR count). The van der Waals surface area contributed by atoms with Crippen LogP contribution in [0.2, 0.25) is 0 Å². The van der Waals surface area contributed by atoms with E-state index in [-0.39, 0.29) is 25.0 Å². The summed E-state index contributed by atoms with van der Waals surface area (Å²) in [5, 5.41) is 18.8. The minimum absolute atomic E-state index is 0.0567. The lowest BCUT2D eigenvalue weighted by Gasteiger charge is -2.40. The third kappa shape index (κ3) is 4.70. The van der Waals surface area contributed by atoms with Gasteiger partial charge < -0.3 is 20.0 Å². The molecule has 1 atom stereocenters.